The maximum absolute atomic E-state index is 11.9. The van der Waals surface area contributed by atoms with Gasteiger partial charge in [-0.25, -0.2) is 0 Å². The number of nitrogens with zero attached hydrogens (tertiary/aromatic N) is 1. The number of hydrogen-bond donors (Lipinski definition) is 2. The zero-order valence-corrected chi connectivity index (χ0v) is 11.8. The molecule has 2 rings (SSSR count). The molecule has 0 fully saturated rings. The number of nitro groups is 1. The molecule has 0 aliphatic rings. The molecule has 0 spiro atoms. The summed E-state index contributed by atoms with van der Waals surface area (Å²) in [5.74, 6) is -0.963. The summed E-state index contributed by atoms with van der Waals surface area (Å²) in [5.41, 5.74) is 5.08. The number of carbonyl (C=O) groups excluding carboxylic acids is 2. The van der Waals surface area contributed by atoms with Crippen molar-refractivity contribution in [2.45, 2.75) is 6.92 Å². The molecule has 0 atom stereocenters. The van der Waals surface area contributed by atoms with Crippen molar-refractivity contribution in [1.29, 1.82) is 0 Å². The van der Waals surface area contributed by atoms with E-state index in [1.807, 2.05) is 0 Å². The minimum atomic E-state index is -0.544. The van der Waals surface area contributed by atoms with E-state index < -0.39 is 16.7 Å². The van der Waals surface area contributed by atoms with Gasteiger partial charge in [0, 0.05) is 17.2 Å². The van der Waals surface area contributed by atoms with Crippen molar-refractivity contribution in [2.24, 2.45) is 0 Å². The fraction of sp³-hybridized carbons (Fsp3) is 0.0769. The smallest absolute Gasteiger partial charge is 0.267 e. The maximum atomic E-state index is 11.9. The first-order valence-corrected chi connectivity index (χ1v) is 6.76. The Hall–Kier alpha value is -2.74. The molecule has 0 aliphatic heterocycles. The molecule has 1 aromatic carbocycles. The molecule has 0 radical (unpaired) electrons. The van der Waals surface area contributed by atoms with Crippen molar-refractivity contribution in [1.82, 2.24) is 10.9 Å². The van der Waals surface area contributed by atoms with Crippen molar-refractivity contribution in [3.8, 4) is 0 Å². The van der Waals surface area contributed by atoms with Crippen molar-refractivity contribution in [3.63, 3.8) is 0 Å². The topological polar surface area (TPSA) is 101 Å². The van der Waals surface area contributed by atoms with E-state index in [9.17, 15) is 19.7 Å². The SMILES string of the molecule is Cc1cc(C(=O)NNC(=O)c2cccs2)ccc1[N+](=O)[O-]. The number of nitrogens with one attached hydrogen (secondary N) is 2. The van der Waals surface area contributed by atoms with E-state index in [0.717, 1.165) is 0 Å². The van der Waals surface area contributed by atoms with Crippen LogP contribution >= 0.6 is 11.3 Å². The predicted molar refractivity (Wildman–Crippen MR) is 77.1 cm³/mol. The van der Waals surface area contributed by atoms with E-state index >= 15 is 0 Å². The average Bonchev–Trinajstić information content (AvgIpc) is 2.98. The van der Waals surface area contributed by atoms with Gasteiger partial charge in [-0.2, -0.15) is 0 Å². The lowest BCUT2D eigenvalue weighted by atomic mass is 10.1. The fourth-order valence-electron chi connectivity index (χ4n) is 1.66. The third-order valence-corrected chi connectivity index (χ3v) is 3.56. The summed E-state index contributed by atoms with van der Waals surface area (Å²) < 4.78 is 0. The van der Waals surface area contributed by atoms with Crippen molar-refractivity contribution < 1.29 is 14.5 Å². The van der Waals surface area contributed by atoms with E-state index in [2.05, 4.69) is 10.9 Å². The van der Waals surface area contributed by atoms with Crippen molar-refractivity contribution >= 4 is 28.8 Å². The maximum Gasteiger partial charge on any atom is 0.279 e. The molecule has 0 aliphatic carbocycles. The van der Waals surface area contributed by atoms with Gasteiger partial charge in [-0.15, -0.1) is 11.3 Å². The second-order valence-corrected chi connectivity index (χ2v) is 5.09. The number of carbonyl (C=O) groups is 2. The largest absolute Gasteiger partial charge is 0.279 e. The lowest BCUT2D eigenvalue weighted by Crippen LogP contribution is -2.41. The fourth-order valence-corrected chi connectivity index (χ4v) is 2.28. The standard InChI is InChI=1S/C13H11N3O4S/c1-8-7-9(4-5-10(8)16(19)20)12(17)14-15-13(18)11-3-2-6-21-11/h2-7H,1H3,(H,14,17)(H,15,18). The Morgan fingerprint density at radius 3 is 2.48 bits per heavy atom. The number of benzene rings is 1. The normalized spacial score (nSPS) is 9.95. The Bertz CT molecular complexity index is 697. The van der Waals surface area contributed by atoms with Crippen LogP contribution in [0.5, 0.6) is 0 Å². The highest BCUT2D eigenvalue weighted by Crippen LogP contribution is 2.18. The Kier molecular flexibility index (Phi) is 4.29. The zero-order chi connectivity index (χ0) is 15.4. The van der Waals surface area contributed by atoms with Gasteiger partial charge in [-0.05, 0) is 30.5 Å². The summed E-state index contributed by atoms with van der Waals surface area (Å²) >= 11 is 1.25. The monoisotopic (exact) mass is 305 g/mol. The molecule has 2 amide bonds. The van der Waals surface area contributed by atoms with E-state index in [1.165, 1.54) is 29.5 Å². The highest BCUT2D eigenvalue weighted by atomic mass is 32.1. The van der Waals surface area contributed by atoms with Crippen LogP contribution in [0.15, 0.2) is 35.7 Å². The molecule has 1 aromatic heterocycles. The molecular formula is C13H11N3O4S. The van der Waals surface area contributed by atoms with E-state index in [4.69, 9.17) is 0 Å². The first-order valence-electron chi connectivity index (χ1n) is 5.88. The zero-order valence-electron chi connectivity index (χ0n) is 11.0. The molecule has 2 N–H and O–H groups in total. The van der Waals surface area contributed by atoms with Gasteiger partial charge in [-0.1, -0.05) is 6.07 Å². The summed E-state index contributed by atoms with van der Waals surface area (Å²) in [5, 5.41) is 12.4. The Morgan fingerprint density at radius 1 is 1.19 bits per heavy atom. The average molecular weight is 305 g/mol. The molecule has 0 bridgehead atoms. The predicted octanol–water partition coefficient (Wildman–Crippen LogP) is 2.04. The van der Waals surface area contributed by atoms with Gasteiger partial charge in [0.2, 0.25) is 0 Å². The first-order chi connectivity index (χ1) is 9.99. The van der Waals surface area contributed by atoms with Gasteiger partial charge < -0.3 is 0 Å². The van der Waals surface area contributed by atoms with Crippen LogP contribution in [0.1, 0.15) is 25.6 Å². The minimum absolute atomic E-state index is 0.0610. The lowest BCUT2D eigenvalue weighted by molar-refractivity contribution is -0.385. The number of nitro benzene ring substituents is 1. The third-order valence-electron chi connectivity index (χ3n) is 2.69. The van der Waals surface area contributed by atoms with Gasteiger partial charge in [0.15, 0.2) is 0 Å². The number of aryl methyl sites for hydroxylation is 1. The highest BCUT2D eigenvalue weighted by molar-refractivity contribution is 7.12. The third kappa shape index (κ3) is 3.42. The molecule has 8 heteroatoms. The molecule has 7 nitrogen and oxygen atoms in total. The Labute approximate surface area is 123 Å². The number of hydrazine groups is 1. The quantitative estimate of drug-likeness (QED) is 0.669. The van der Waals surface area contributed by atoms with Crippen molar-refractivity contribution in [3.05, 3.63) is 61.8 Å². The molecule has 0 saturated heterocycles. The molecule has 2 aromatic rings. The first kappa shape index (κ1) is 14.7. The Balaban J connectivity index is 2.02. The summed E-state index contributed by atoms with van der Waals surface area (Å²) in [7, 11) is 0. The van der Waals surface area contributed by atoms with Gasteiger partial charge >= 0.3 is 0 Å². The number of rotatable bonds is 3. The Morgan fingerprint density at radius 2 is 1.90 bits per heavy atom. The van der Waals surface area contributed by atoms with Crippen LogP contribution < -0.4 is 10.9 Å². The molecule has 1 heterocycles. The number of thiophene rings is 1. The molecule has 0 unspecified atom stereocenters. The minimum Gasteiger partial charge on any atom is -0.267 e. The number of hydrogen-bond acceptors (Lipinski definition) is 5. The summed E-state index contributed by atoms with van der Waals surface area (Å²) in [6.07, 6.45) is 0. The summed E-state index contributed by atoms with van der Waals surface area (Å²) in [4.78, 5) is 34.2. The van der Waals surface area contributed by atoms with Gasteiger partial charge in [-0.3, -0.25) is 30.6 Å². The highest BCUT2D eigenvalue weighted by Gasteiger charge is 2.14. The van der Waals surface area contributed by atoms with Gasteiger partial charge in [0.25, 0.3) is 17.5 Å². The van der Waals surface area contributed by atoms with E-state index in [0.29, 0.717) is 10.4 Å². The van der Waals surface area contributed by atoms with Crippen LogP contribution in [0.2, 0.25) is 0 Å². The second kappa shape index (κ2) is 6.14. The molecule has 21 heavy (non-hydrogen) atoms. The molecule has 108 valence electrons. The van der Waals surface area contributed by atoms with E-state index in [1.54, 1.807) is 24.4 Å². The van der Waals surface area contributed by atoms with Crippen LogP contribution in [0, 0.1) is 17.0 Å². The summed E-state index contributed by atoms with van der Waals surface area (Å²) in [6, 6.07) is 7.33. The van der Waals surface area contributed by atoms with Crippen LogP contribution in [-0.4, -0.2) is 16.7 Å². The van der Waals surface area contributed by atoms with Crippen LogP contribution in [0.25, 0.3) is 0 Å². The number of amides is 2. The van der Waals surface area contributed by atoms with Gasteiger partial charge in [0.05, 0.1) is 9.80 Å². The summed E-state index contributed by atoms with van der Waals surface area (Å²) in [6.45, 7) is 1.54. The molecular weight excluding hydrogens is 294 g/mol. The lowest BCUT2D eigenvalue weighted by Gasteiger charge is -2.07. The second-order valence-electron chi connectivity index (χ2n) is 4.14. The van der Waals surface area contributed by atoms with Gasteiger partial charge in [0.1, 0.15) is 0 Å². The van der Waals surface area contributed by atoms with Crippen LogP contribution in [-0.2, 0) is 0 Å². The van der Waals surface area contributed by atoms with E-state index in [-0.39, 0.29) is 11.3 Å². The van der Waals surface area contributed by atoms with Crippen LogP contribution in [0.4, 0.5) is 5.69 Å². The molecule has 0 saturated carbocycles. The van der Waals surface area contributed by atoms with Crippen molar-refractivity contribution in [2.75, 3.05) is 0 Å². The van der Waals surface area contributed by atoms with Crippen LogP contribution in [0.3, 0.4) is 0 Å².